The fourth-order valence-electron chi connectivity index (χ4n) is 3.02. The fraction of sp³-hybridized carbons (Fsp3) is 0.0952. The zero-order valence-electron chi connectivity index (χ0n) is 14.2. The van der Waals surface area contributed by atoms with Crippen LogP contribution >= 0.6 is 33.0 Å². The van der Waals surface area contributed by atoms with Crippen molar-refractivity contribution in [2.45, 2.75) is 12.3 Å². The minimum Gasteiger partial charge on any atom is -0.813 e. The summed E-state index contributed by atoms with van der Waals surface area (Å²) in [5.74, 6) is 0.322. The summed E-state index contributed by atoms with van der Waals surface area (Å²) in [7, 11) is 9.87. The minimum atomic E-state index is -0.826. The fourth-order valence-corrected chi connectivity index (χ4v) is 3.38. The van der Waals surface area contributed by atoms with E-state index in [-0.39, 0.29) is 13.5 Å². The third kappa shape index (κ3) is 6.05. The number of fused-ring (bicyclic) bond motifs is 4. The number of rotatable bonds is 0. The monoisotopic (exact) mass is 552 g/mol. The van der Waals surface area contributed by atoms with Crippen LogP contribution in [0.15, 0.2) is 63.7 Å². The van der Waals surface area contributed by atoms with Gasteiger partial charge in [0.2, 0.25) is 0 Å². The molecule has 1 unspecified atom stereocenters. The Morgan fingerprint density at radius 1 is 1.22 bits per heavy atom. The molecular weight excluding hydrogens is 540 g/mol. The third-order valence-corrected chi connectivity index (χ3v) is 4.61. The van der Waals surface area contributed by atoms with Crippen molar-refractivity contribution in [3.8, 4) is 0 Å². The van der Waals surface area contributed by atoms with E-state index in [9.17, 15) is 0 Å². The summed E-state index contributed by atoms with van der Waals surface area (Å²) < 4.78 is 1.08. The van der Waals surface area contributed by atoms with Crippen molar-refractivity contribution in [3.05, 3.63) is 93.1 Å². The van der Waals surface area contributed by atoms with Crippen molar-refractivity contribution >= 4 is 64.8 Å². The van der Waals surface area contributed by atoms with Crippen LogP contribution in [0.1, 0.15) is 28.2 Å². The van der Waals surface area contributed by atoms with Gasteiger partial charge < -0.3 is 13.5 Å². The topological polar surface area (TPSA) is 12.4 Å². The smallest absolute Gasteiger partial charge is 0.0528 e. The molecule has 0 saturated carbocycles. The van der Waals surface area contributed by atoms with Crippen LogP contribution in [0.3, 0.4) is 0 Å². The summed E-state index contributed by atoms with van der Waals surface area (Å²) in [5, 5.41) is 0. The van der Waals surface area contributed by atoms with Crippen LogP contribution in [0, 0.1) is 12.1 Å². The Balaban J connectivity index is 0.000000175. The van der Waals surface area contributed by atoms with Gasteiger partial charge in [0.25, 0.3) is 0 Å². The Morgan fingerprint density at radius 2 is 2.04 bits per heavy atom. The average Bonchev–Trinajstić information content (AvgIpc) is 3.26. The van der Waals surface area contributed by atoms with Gasteiger partial charge >= 0.3 is 37.9 Å². The Morgan fingerprint density at radius 3 is 2.81 bits per heavy atom. The van der Waals surface area contributed by atoms with Crippen molar-refractivity contribution < 1.29 is 20.8 Å². The van der Waals surface area contributed by atoms with Crippen molar-refractivity contribution in [3.63, 3.8) is 0 Å². The number of benzene rings is 2. The molecule has 1 nitrogen and oxygen atoms in total. The Kier molecular flexibility index (Phi) is 9.83. The van der Waals surface area contributed by atoms with E-state index in [4.69, 9.17) is 17.0 Å². The molecule has 138 valence electrons. The molecule has 0 radical (unpaired) electrons. The molecule has 2 aromatic carbocycles. The predicted octanol–water partition coefficient (Wildman–Crippen LogP) is 6.49. The third-order valence-electron chi connectivity index (χ3n) is 4.15. The number of hydrogen-bond acceptors (Lipinski definition) is 2. The minimum absolute atomic E-state index is 0. The van der Waals surface area contributed by atoms with Gasteiger partial charge in [0.05, 0.1) is 0 Å². The number of aliphatic imine (C=N–C) groups is 1. The van der Waals surface area contributed by atoms with E-state index in [0.29, 0.717) is 5.92 Å². The second-order valence-electron chi connectivity index (χ2n) is 5.71. The van der Waals surface area contributed by atoms with Gasteiger partial charge in [-0.2, -0.15) is 18.2 Å². The maximum atomic E-state index is 4.93. The molecule has 0 amide bonds. The van der Waals surface area contributed by atoms with Gasteiger partial charge in [-0.15, -0.1) is 80.7 Å². The molecule has 0 spiro atoms. The van der Waals surface area contributed by atoms with E-state index in [1.165, 1.54) is 27.8 Å². The van der Waals surface area contributed by atoms with Gasteiger partial charge in [0.1, 0.15) is 0 Å². The van der Waals surface area contributed by atoms with Crippen LogP contribution in [0.25, 0.3) is 12.2 Å². The van der Waals surface area contributed by atoms with Gasteiger partial charge in [-0.1, -0.05) is 10.9 Å². The van der Waals surface area contributed by atoms with Gasteiger partial charge in [0, 0.05) is 18.3 Å². The van der Waals surface area contributed by atoms with Gasteiger partial charge in [0.15, 0.2) is 0 Å². The molecule has 27 heavy (non-hydrogen) atoms. The van der Waals surface area contributed by atoms with E-state index in [2.05, 4.69) is 69.5 Å². The molecule has 2 aliphatic carbocycles. The first-order valence-corrected chi connectivity index (χ1v) is 15.1. The molecule has 0 saturated heterocycles. The van der Waals surface area contributed by atoms with E-state index >= 15 is 0 Å². The number of nitrogens with zero attached hydrogens (tertiary/aromatic N) is 1. The van der Waals surface area contributed by atoms with Crippen molar-refractivity contribution in [1.29, 1.82) is 0 Å². The summed E-state index contributed by atoms with van der Waals surface area (Å²) in [6.07, 6.45) is 13.4. The number of allylic oxidation sites excluding steroid dienone is 3. The Labute approximate surface area is 194 Å². The Bertz CT molecular complexity index is 909. The normalized spacial score (nSPS) is 16.4. The van der Waals surface area contributed by atoms with E-state index in [1.807, 2.05) is 30.6 Å². The maximum Gasteiger partial charge on any atom is -0.0528 e. The molecule has 5 rings (SSSR count). The largest absolute Gasteiger partial charge is 0.813 e. The molecule has 0 fully saturated rings. The van der Waals surface area contributed by atoms with Crippen LogP contribution in [-0.2, 0) is 40.8 Å². The van der Waals surface area contributed by atoms with Crippen molar-refractivity contribution in [1.82, 2.24) is 0 Å². The number of hydrogen-bond donors (Lipinski definition) is 0. The molecular formula is C21H15BrCl2NSZr-3. The van der Waals surface area contributed by atoms with Crippen molar-refractivity contribution in [2.75, 3.05) is 0 Å². The van der Waals surface area contributed by atoms with Crippen LogP contribution < -0.4 is 0 Å². The van der Waals surface area contributed by atoms with E-state index < -0.39 is 20.8 Å². The first kappa shape index (κ1) is 22.9. The van der Waals surface area contributed by atoms with Crippen LogP contribution in [0.4, 0.5) is 0 Å². The van der Waals surface area contributed by atoms with Crippen LogP contribution in [0.2, 0.25) is 0 Å². The zero-order chi connectivity index (χ0) is 18.4. The zero-order valence-corrected chi connectivity index (χ0v) is 20.6. The molecule has 0 N–H and O–H groups in total. The maximum absolute atomic E-state index is 4.93. The quantitative estimate of drug-likeness (QED) is 0.206. The molecule has 6 heteroatoms. The average molecular weight is 555 g/mol. The summed E-state index contributed by atoms with van der Waals surface area (Å²) in [6, 6.07) is 16.7. The predicted molar refractivity (Wildman–Crippen MR) is 120 cm³/mol. The summed E-state index contributed by atoms with van der Waals surface area (Å²) in [4.78, 5) is 4.16. The molecule has 1 heterocycles. The number of halogens is 3. The second kappa shape index (κ2) is 11.6. The molecule has 1 atom stereocenters. The summed E-state index contributed by atoms with van der Waals surface area (Å²) >= 11 is 2.63. The molecule has 0 bridgehead atoms. The van der Waals surface area contributed by atoms with Crippen LogP contribution in [-0.4, -0.2) is 6.21 Å². The second-order valence-corrected chi connectivity index (χ2v) is 10.4. The van der Waals surface area contributed by atoms with Crippen LogP contribution in [0.5, 0.6) is 0 Å². The molecule has 3 aliphatic rings. The van der Waals surface area contributed by atoms with Gasteiger partial charge in [-0.05, 0) is 11.6 Å². The SMILES string of the molecule is Brc1c[c-]c2c(c1)C=C1C=CN=CC12.[Cl][Zr][Cl].[SH-].[c-]1cccc2c1C=CC2. The number of thiol groups is 1. The van der Waals surface area contributed by atoms with Crippen molar-refractivity contribution in [2.24, 2.45) is 4.99 Å². The summed E-state index contributed by atoms with van der Waals surface area (Å²) in [5.41, 5.74) is 6.45. The standard InChI is InChI=1S/C12H7BrN.C9H7.2ClH.H2S.Zr/c13-10-1-2-11-9(6-10)5-8-3-4-14-7-12(8)11;1-2-5-9-7-3-6-8(9)4-1;;;;/h1,3-7,12H;1-4,7H,6H2;2*1H;1H2;/q2*-1;;;;+2/p-3. The molecule has 1 aliphatic heterocycles. The molecule has 2 aromatic rings. The first-order valence-electron chi connectivity index (χ1n) is 7.98. The molecule has 0 aromatic heterocycles. The van der Waals surface area contributed by atoms with E-state index in [1.54, 1.807) is 0 Å². The van der Waals surface area contributed by atoms with Gasteiger partial charge in [-0.3, -0.25) is 4.99 Å². The first-order chi connectivity index (χ1) is 12.7. The van der Waals surface area contributed by atoms with E-state index in [0.717, 1.165) is 10.9 Å². The van der Waals surface area contributed by atoms with Gasteiger partial charge in [-0.25, -0.2) is 0 Å². The Hall–Kier alpha value is -0.377. The summed E-state index contributed by atoms with van der Waals surface area (Å²) in [6.45, 7) is 0.